The van der Waals surface area contributed by atoms with Gasteiger partial charge in [0.15, 0.2) is 0 Å². The number of rotatable bonds is 9. The Hall–Kier alpha value is -4.65. The molecule has 0 radical (unpaired) electrons. The normalized spacial score (nSPS) is 29.9. The van der Waals surface area contributed by atoms with Gasteiger partial charge >= 0.3 is 12.3 Å². The Morgan fingerprint density at radius 1 is 1.11 bits per heavy atom. The van der Waals surface area contributed by atoms with Gasteiger partial charge in [0.25, 0.3) is 5.91 Å². The first kappa shape index (κ1) is 45.4. The van der Waals surface area contributed by atoms with Crippen LogP contribution in [0.2, 0.25) is 0 Å². The van der Waals surface area contributed by atoms with Gasteiger partial charge in [0, 0.05) is 36.2 Å². The maximum absolute atomic E-state index is 15.3. The lowest BCUT2D eigenvalue weighted by Crippen LogP contribution is -2.66. The van der Waals surface area contributed by atoms with Crippen molar-refractivity contribution in [3.8, 4) is 5.88 Å². The quantitative estimate of drug-likeness (QED) is 0.274. The minimum absolute atomic E-state index is 0.0575. The fraction of sp³-hybridized carbons (Fsp3) is 0.651. The van der Waals surface area contributed by atoms with Gasteiger partial charge in [-0.1, -0.05) is 50.6 Å². The van der Waals surface area contributed by atoms with Crippen molar-refractivity contribution in [1.29, 1.82) is 0 Å². The van der Waals surface area contributed by atoms with Crippen LogP contribution in [0.25, 0.3) is 10.8 Å². The largest absolute Gasteiger partial charge is 0.472 e. The summed E-state index contributed by atoms with van der Waals surface area (Å²) in [4.78, 5) is 65.2. The second-order valence-electron chi connectivity index (χ2n) is 18.4. The minimum atomic E-state index is -5.09. The number of pyridine rings is 1. The van der Waals surface area contributed by atoms with Gasteiger partial charge in [-0.3, -0.25) is 24.0 Å². The molecule has 2 aliphatic carbocycles. The Bertz CT molecular complexity index is 2210. The van der Waals surface area contributed by atoms with Crippen molar-refractivity contribution in [3.05, 3.63) is 42.6 Å². The summed E-state index contributed by atoms with van der Waals surface area (Å²) < 4.78 is 84.3. The van der Waals surface area contributed by atoms with Crippen LogP contribution in [0.15, 0.2) is 42.6 Å². The lowest BCUT2D eigenvalue weighted by atomic mass is 9.82. The number of ether oxygens (including phenoxy) is 2. The molecule has 3 N–H and O–H groups in total. The zero-order valence-electron chi connectivity index (χ0n) is 35.7. The lowest BCUT2D eigenvalue weighted by molar-refractivity contribution is -0.222. The van der Waals surface area contributed by atoms with E-state index in [0.29, 0.717) is 71.2 Å². The average molecular weight is 891 g/mol. The van der Waals surface area contributed by atoms with Crippen LogP contribution in [-0.4, -0.2) is 125 Å². The van der Waals surface area contributed by atoms with Crippen LogP contribution in [0.3, 0.4) is 0 Å². The zero-order valence-corrected chi connectivity index (χ0v) is 36.6. The number of alkyl halides is 3. The Labute approximate surface area is 359 Å². The summed E-state index contributed by atoms with van der Waals surface area (Å²) in [5.74, 6) is -4.31. The molecule has 2 saturated heterocycles. The number of hydrogen-bond donors (Lipinski definition) is 3. The molecule has 4 amide bonds. The van der Waals surface area contributed by atoms with Gasteiger partial charge in [0.1, 0.15) is 29.3 Å². The molecule has 0 unspecified atom stereocenters. The van der Waals surface area contributed by atoms with Crippen molar-refractivity contribution < 1.29 is 55.3 Å². The van der Waals surface area contributed by atoms with E-state index in [1.807, 2.05) is 37.3 Å². The number of halogens is 3. The first-order valence-electron chi connectivity index (χ1n) is 21.5. The van der Waals surface area contributed by atoms with Gasteiger partial charge in [-0.25, -0.2) is 18.2 Å². The molecule has 2 aromatic rings. The second-order valence-corrected chi connectivity index (χ2v) is 20.6. The number of amides is 4. The molecule has 7 rings (SSSR count). The molecule has 62 heavy (non-hydrogen) atoms. The van der Waals surface area contributed by atoms with Crippen molar-refractivity contribution in [2.24, 2.45) is 17.8 Å². The van der Waals surface area contributed by atoms with Crippen molar-refractivity contribution in [2.45, 2.75) is 126 Å². The van der Waals surface area contributed by atoms with Crippen LogP contribution in [0, 0.1) is 17.8 Å². The summed E-state index contributed by atoms with van der Waals surface area (Å²) in [7, 11) is -4.12. The summed E-state index contributed by atoms with van der Waals surface area (Å²) in [5.41, 5.74) is -3.90. The molecule has 1 aromatic carbocycles. The number of sulfonamides is 1. The second kappa shape index (κ2) is 16.8. The van der Waals surface area contributed by atoms with Crippen molar-refractivity contribution in [2.75, 3.05) is 37.7 Å². The molecule has 0 spiro atoms. The molecule has 340 valence electrons. The van der Waals surface area contributed by atoms with E-state index < -0.39 is 85.9 Å². The number of fused-ring (bicyclic) bond motifs is 3. The number of nitrogens with one attached hydrogen (secondary N) is 2. The molecular formula is C43H57F3N6O9S. The summed E-state index contributed by atoms with van der Waals surface area (Å²) in [6, 6.07) is 4.07. The van der Waals surface area contributed by atoms with Gasteiger partial charge < -0.3 is 29.7 Å². The number of aromatic nitrogens is 1. The zero-order chi connectivity index (χ0) is 45.0. The molecule has 1 aromatic heterocycles. The van der Waals surface area contributed by atoms with E-state index >= 15 is 4.79 Å². The predicted octanol–water partition coefficient (Wildman–Crippen LogP) is 5.39. The molecule has 4 heterocycles. The number of benzene rings is 1. The van der Waals surface area contributed by atoms with Gasteiger partial charge in [-0.2, -0.15) is 13.2 Å². The summed E-state index contributed by atoms with van der Waals surface area (Å²) in [5, 5.41) is 14.8. The molecule has 0 bridgehead atoms. The number of hydrogen-bond acceptors (Lipinski definition) is 10. The van der Waals surface area contributed by atoms with E-state index in [1.165, 1.54) is 6.92 Å². The average Bonchev–Trinajstić information content (AvgIpc) is 4.10. The first-order chi connectivity index (χ1) is 29.1. The van der Waals surface area contributed by atoms with Crippen LogP contribution in [0.4, 0.5) is 23.7 Å². The van der Waals surface area contributed by atoms with Crippen LogP contribution in [0.5, 0.6) is 5.88 Å². The number of nitrogens with zero attached hydrogens (tertiary/aromatic N) is 4. The third-order valence-electron chi connectivity index (χ3n) is 13.7. The number of carboxylic acid groups (broad SMARTS) is 1. The van der Waals surface area contributed by atoms with Gasteiger partial charge in [0.05, 0.1) is 36.4 Å². The van der Waals surface area contributed by atoms with Crippen molar-refractivity contribution in [3.63, 3.8) is 0 Å². The maximum Gasteiger partial charge on any atom is 0.411 e. The number of allylic oxidation sites excluding steroid dienone is 1. The van der Waals surface area contributed by atoms with E-state index in [-0.39, 0.29) is 48.9 Å². The fourth-order valence-corrected chi connectivity index (χ4v) is 10.5. The third kappa shape index (κ3) is 8.54. The van der Waals surface area contributed by atoms with E-state index in [2.05, 4.69) is 19.9 Å². The fourth-order valence-electron chi connectivity index (χ4n) is 9.23. The monoisotopic (exact) mass is 890 g/mol. The molecule has 2 saturated carbocycles. The Kier molecular flexibility index (Phi) is 12.3. The number of morpholine rings is 1. The smallest absolute Gasteiger partial charge is 0.411 e. The highest BCUT2D eigenvalue weighted by Crippen LogP contribution is 2.48. The Morgan fingerprint density at radius 2 is 1.79 bits per heavy atom. The Balaban J connectivity index is 1.30. The summed E-state index contributed by atoms with van der Waals surface area (Å²) >= 11 is 0. The molecule has 5 aliphatic rings. The standard InChI is InChI=1S/C43H57F3N6O9S/c1-6-27-21-26(2)11-7-8-12-28-23-42(28,38(55)49-62(58,59)41(5)15-16-41)48-35(53)32-22-29(25-51(32)37(54)34(27)52(39(56)57)40(3,4)43(44,45)46)61-36-31-14-10-9-13-30(31)33(24-47-36)50-17-19-60-20-18-50/h8-10,12-14,24,26-29,32,34H,6-7,11,15-23,25H2,1-5H3,(H,48,53)(H,49,55)(H,56,57)/b12-8-/t26-,27+,28+,29+,32-,34-,42+/m0/s1. The number of carbonyl (C=O) groups excluding carboxylic acids is 3. The van der Waals surface area contributed by atoms with Gasteiger partial charge in [-0.15, -0.1) is 0 Å². The van der Waals surface area contributed by atoms with Gasteiger partial charge in [-0.05, 0) is 77.2 Å². The maximum atomic E-state index is 15.3. The molecule has 7 atom stereocenters. The van der Waals surface area contributed by atoms with Gasteiger partial charge in [0.2, 0.25) is 27.7 Å². The molecule has 3 aliphatic heterocycles. The topological polar surface area (TPSA) is 188 Å². The van der Waals surface area contributed by atoms with E-state index in [0.717, 1.165) is 16.0 Å². The molecule has 4 fully saturated rings. The predicted molar refractivity (Wildman–Crippen MR) is 223 cm³/mol. The van der Waals surface area contributed by atoms with Crippen LogP contribution in [0.1, 0.15) is 86.0 Å². The first-order valence-corrected chi connectivity index (χ1v) is 22.9. The third-order valence-corrected chi connectivity index (χ3v) is 15.9. The summed E-state index contributed by atoms with van der Waals surface area (Å²) in [6.07, 6.45) is -0.879. The Morgan fingerprint density at radius 3 is 2.42 bits per heavy atom. The van der Waals surface area contributed by atoms with Crippen molar-refractivity contribution >= 4 is 50.3 Å². The van der Waals surface area contributed by atoms with Crippen LogP contribution >= 0.6 is 0 Å². The molecular weight excluding hydrogens is 834 g/mol. The molecule has 15 nitrogen and oxygen atoms in total. The lowest BCUT2D eigenvalue weighted by Gasteiger charge is -2.46. The summed E-state index contributed by atoms with van der Waals surface area (Å²) in [6.45, 7) is 8.54. The van der Waals surface area contributed by atoms with Crippen LogP contribution < -0.4 is 19.7 Å². The number of carbonyl (C=O) groups is 4. The number of anilines is 1. The van der Waals surface area contributed by atoms with Crippen molar-refractivity contribution in [1.82, 2.24) is 24.8 Å². The van der Waals surface area contributed by atoms with Crippen LogP contribution in [-0.2, 0) is 29.1 Å². The van der Waals surface area contributed by atoms with E-state index in [4.69, 9.17) is 9.47 Å². The SMILES string of the molecule is CC[C@@H]1C[C@@H](C)CC/C=C\[C@@H]2C[C@@]2(C(=O)NS(=O)(=O)C2(C)CC2)NC(=O)[C@@H]2C[C@@H](Oc3ncc(N4CCOCC4)c4ccccc34)CN2C(=O)[C@H]1N(C(=O)O)C(C)(C)C(F)(F)F. The highest BCUT2D eigenvalue weighted by molar-refractivity contribution is 7.91. The van der Waals surface area contributed by atoms with E-state index in [9.17, 15) is 41.1 Å². The van der Waals surface area contributed by atoms with E-state index in [1.54, 1.807) is 19.2 Å². The minimum Gasteiger partial charge on any atom is -0.472 e. The highest BCUT2D eigenvalue weighted by atomic mass is 32.2. The highest BCUT2D eigenvalue weighted by Gasteiger charge is 2.64. The molecule has 19 heteroatoms.